The van der Waals surface area contributed by atoms with Crippen LogP contribution in [0.15, 0.2) is 65.4 Å². The lowest BCUT2D eigenvalue weighted by Gasteiger charge is -2.35. The Hall–Kier alpha value is -2.30. The quantitative estimate of drug-likeness (QED) is 0.458. The van der Waals surface area contributed by atoms with E-state index in [2.05, 4.69) is 42.3 Å². The van der Waals surface area contributed by atoms with Crippen LogP contribution in [0.5, 0.6) is 0 Å². The number of nitrogens with one attached hydrogen (secondary N) is 1. The molecule has 1 amide bonds. The molecular formula is C30H39ClN2O2. The summed E-state index contributed by atoms with van der Waals surface area (Å²) in [6.07, 6.45) is 20.4. The fraction of sp³-hybridized carbons (Fsp3) is 0.500. The second-order valence-electron chi connectivity index (χ2n) is 10.4. The molecule has 3 atom stereocenters. The number of hydrogen-bond donors (Lipinski definition) is 2. The summed E-state index contributed by atoms with van der Waals surface area (Å²) in [7, 11) is 0. The minimum absolute atomic E-state index is 0.150. The number of anilines is 1. The summed E-state index contributed by atoms with van der Waals surface area (Å²) in [5.74, 6) is 0.671. The highest BCUT2D eigenvalue weighted by Gasteiger charge is 2.23. The van der Waals surface area contributed by atoms with Gasteiger partial charge in [-0.05, 0) is 73.8 Å². The second-order valence-corrected chi connectivity index (χ2v) is 10.9. The standard InChI is InChI=1S/C30H39ClN2O2/c1-21-17-25(31)13-11-22(2)33(20-23-7-4-3-5-8-23)26(18-21)14-16-30(35)32-29-10-6-9-24-12-15-27(34)19-28(24)29/h6,9-11,13-14,16-18,21-23,27,34H,3-5,7-8,12,15,19-20H2,1-2H3,(H,32,35)/b13-11-,16-14+,25-17+,26-18-/t21?,22?,27-/m0/s1. The van der Waals surface area contributed by atoms with E-state index >= 15 is 0 Å². The number of fused-ring (bicyclic) bond motifs is 1. The van der Waals surface area contributed by atoms with Gasteiger partial charge in [-0.3, -0.25) is 4.79 Å². The molecule has 1 aromatic rings. The SMILES string of the molecule is CC1/C=C(/C=C/C(=O)Nc2cccc3c2C[C@@H](O)CC3)N(CC2CCCCC2)C(C)/C=C\C(Cl)=C/1. The molecule has 2 N–H and O–H groups in total. The molecule has 188 valence electrons. The monoisotopic (exact) mass is 494 g/mol. The molecule has 1 aromatic carbocycles. The van der Waals surface area contributed by atoms with Crippen LogP contribution in [0.2, 0.25) is 0 Å². The number of aliphatic hydroxyl groups is 1. The molecular weight excluding hydrogens is 456 g/mol. The second kappa shape index (κ2) is 12.1. The molecule has 4 rings (SSSR count). The van der Waals surface area contributed by atoms with Gasteiger partial charge in [-0.1, -0.05) is 68.1 Å². The zero-order valence-corrected chi connectivity index (χ0v) is 21.8. The van der Waals surface area contributed by atoms with Gasteiger partial charge in [-0.15, -0.1) is 0 Å². The van der Waals surface area contributed by atoms with E-state index in [9.17, 15) is 9.90 Å². The Bertz CT molecular complexity index is 1020. The highest BCUT2D eigenvalue weighted by Crippen LogP contribution is 2.30. The molecule has 2 aliphatic carbocycles. The first-order valence-corrected chi connectivity index (χ1v) is 13.6. The molecule has 5 heteroatoms. The maximum absolute atomic E-state index is 13.0. The molecule has 0 saturated heterocycles. The number of rotatable bonds is 5. The smallest absolute Gasteiger partial charge is 0.248 e. The van der Waals surface area contributed by atoms with Crippen molar-refractivity contribution < 1.29 is 9.90 Å². The Morgan fingerprint density at radius 3 is 2.77 bits per heavy atom. The van der Waals surface area contributed by atoms with E-state index in [1.165, 1.54) is 37.7 Å². The number of halogens is 1. The molecule has 1 saturated carbocycles. The highest BCUT2D eigenvalue weighted by molar-refractivity contribution is 6.31. The highest BCUT2D eigenvalue weighted by atomic mass is 35.5. The Kier molecular flexibility index (Phi) is 8.91. The number of hydrogen-bond acceptors (Lipinski definition) is 3. The van der Waals surface area contributed by atoms with Crippen LogP contribution in [0.25, 0.3) is 0 Å². The molecule has 1 fully saturated rings. The molecule has 0 aromatic heterocycles. The van der Waals surface area contributed by atoms with E-state index in [0.29, 0.717) is 12.3 Å². The molecule has 0 radical (unpaired) electrons. The van der Waals surface area contributed by atoms with Crippen LogP contribution in [0.1, 0.15) is 63.5 Å². The van der Waals surface area contributed by atoms with Crippen molar-refractivity contribution in [3.63, 3.8) is 0 Å². The van der Waals surface area contributed by atoms with E-state index < -0.39 is 0 Å². The Balaban J connectivity index is 1.55. The summed E-state index contributed by atoms with van der Waals surface area (Å²) < 4.78 is 0. The Morgan fingerprint density at radius 1 is 1.17 bits per heavy atom. The largest absolute Gasteiger partial charge is 0.393 e. The molecule has 3 aliphatic rings. The maximum atomic E-state index is 13.0. The predicted molar refractivity (Wildman–Crippen MR) is 145 cm³/mol. The van der Waals surface area contributed by atoms with Gasteiger partial charge in [0.25, 0.3) is 0 Å². The number of aryl methyl sites for hydroxylation is 1. The van der Waals surface area contributed by atoms with Crippen LogP contribution in [0, 0.1) is 11.8 Å². The number of carbonyl (C=O) groups is 1. The fourth-order valence-electron chi connectivity index (χ4n) is 5.58. The van der Waals surface area contributed by atoms with E-state index in [0.717, 1.165) is 41.4 Å². The van der Waals surface area contributed by atoms with Crippen molar-refractivity contribution in [1.82, 2.24) is 4.90 Å². The van der Waals surface area contributed by atoms with Gasteiger partial charge in [0.1, 0.15) is 0 Å². The summed E-state index contributed by atoms with van der Waals surface area (Å²) in [6, 6.07) is 6.17. The van der Waals surface area contributed by atoms with Crippen LogP contribution < -0.4 is 5.32 Å². The predicted octanol–water partition coefficient (Wildman–Crippen LogP) is 6.51. The summed E-state index contributed by atoms with van der Waals surface area (Å²) in [5, 5.41) is 13.9. The molecule has 0 bridgehead atoms. The topological polar surface area (TPSA) is 52.6 Å². The minimum Gasteiger partial charge on any atom is -0.393 e. The average molecular weight is 495 g/mol. The van der Waals surface area contributed by atoms with Crippen LogP contribution in [0.3, 0.4) is 0 Å². The summed E-state index contributed by atoms with van der Waals surface area (Å²) in [4.78, 5) is 15.4. The Labute approximate surface area is 215 Å². The number of benzene rings is 1. The average Bonchev–Trinajstić information content (AvgIpc) is 2.88. The molecule has 4 nitrogen and oxygen atoms in total. The van der Waals surface area contributed by atoms with Gasteiger partial charge in [0.05, 0.1) is 6.10 Å². The third-order valence-electron chi connectivity index (χ3n) is 7.52. The lowest BCUT2D eigenvalue weighted by atomic mass is 9.88. The third-order valence-corrected chi connectivity index (χ3v) is 7.77. The number of carbonyl (C=O) groups excluding carboxylic acids is 1. The van der Waals surface area contributed by atoms with E-state index in [4.69, 9.17) is 11.6 Å². The van der Waals surface area contributed by atoms with Crippen molar-refractivity contribution in [3.8, 4) is 0 Å². The van der Waals surface area contributed by atoms with Crippen molar-refractivity contribution in [2.45, 2.75) is 77.4 Å². The van der Waals surface area contributed by atoms with Gasteiger partial charge in [-0.2, -0.15) is 0 Å². The molecule has 0 spiro atoms. The first kappa shape index (κ1) is 25.8. The van der Waals surface area contributed by atoms with Crippen molar-refractivity contribution in [1.29, 1.82) is 0 Å². The van der Waals surface area contributed by atoms with Crippen LogP contribution in [-0.4, -0.2) is 34.6 Å². The molecule has 35 heavy (non-hydrogen) atoms. The lowest BCUT2D eigenvalue weighted by molar-refractivity contribution is -0.111. The van der Waals surface area contributed by atoms with Crippen LogP contribution in [0.4, 0.5) is 5.69 Å². The molecule has 1 heterocycles. The zero-order chi connectivity index (χ0) is 24.8. The van der Waals surface area contributed by atoms with Gasteiger partial charge in [0.2, 0.25) is 5.91 Å². The van der Waals surface area contributed by atoms with Crippen LogP contribution in [-0.2, 0) is 17.6 Å². The van der Waals surface area contributed by atoms with Crippen molar-refractivity contribution >= 4 is 23.2 Å². The van der Waals surface area contributed by atoms with Gasteiger partial charge in [0, 0.05) is 41.5 Å². The van der Waals surface area contributed by atoms with Crippen molar-refractivity contribution in [3.05, 3.63) is 76.5 Å². The number of aliphatic hydroxyl groups excluding tert-OH is 1. The Morgan fingerprint density at radius 2 is 1.97 bits per heavy atom. The fourth-order valence-corrected chi connectivity index (χ4v) is 5.85. The van der Waals surface area contributed by atoms with Gasteiger partial charge < -0.3 is 15.3 Å². The number of allylic oxidation sites excluding steroid dienone is 5. The zero-order valence-electron chi connectivity index (χ0n) is 21.1. The first-order chi connectivity index (χ1) is 16.9. The minimum atomic E-state index is -0.343. The van der Waals surface area contributed by atoms with Gasteiger partial charge in [0.15, 0.2) is 0 Å². The first-order valence-electron chi connectivity index (χ1n) is 13.2. The number of nitrogens with zero attached hydrogens (tertiary/aromatic N) is 1. The van der Waals surface area contributed by atoms with Crippen LogP contribution >= 0.6 is 11.6 Å². The van der Waals surface area contributed by atoms with E-state index in [1.54, 1.807) is 6.08 Å². The van der Waals surface area contributed by atoms with Crippen molar-refractivity contribution in [2.24, 2.45) is 11.8 Å². The van der Waals surface area contributed by atoms with E-state index in [-0.39, 0.29) is 24.0 Å². The normalized spacial score (nSPS) is 29.7. The number of amides is 1. The van der Waals surface area contributed by atoms with E-state index in [1.807, 2.05) is 30.4 Å². The van der Waals surface area contributed by atoms with Gasteiger partial charge >= 0.3 is 0 Å². The molecule has 1 aliphatic heterocycles. The summed E-state index contributed by atoms with van der Waals surface area (Å²) in [5.41, 5.74) is 4.13. The summed E-state index contributed by atoms with van der Waals surface area (Å²) in [6.45, 7) is 5.31. The van der Waals surface area contributed by atoms with Gasteiger partial charge in [-0.25, -0.2) is 0 Å². The molecule has 2 unspecified atom stereocenters. The third kappa shape index (κ3) is 7.11. The maximum Gasteiger partial charge on any atom is 0.248 e. The van der Waals surface area contributed by atoms with Crippen molar-refractivity contribution in [2.75, 3.05) is 11.9 Å². The summed E-state index contributed by atoms with van der Waals surface area (Å²) >= 11 is 6.43. The lowest BCUT2D eigenvalue weighted by Crippen LogP contribution is -2.36.